The summed E-state index contributed by atoms with van der Waals surface area (Å²) in [5.74, 6) is 0.0222. The topological polar surface area (TPSA) is 82.6 Å². The molecule has 1 fully saturated rings. The van der Waals surface area contributed by atoms with E-state index in [1.54, 1.807) is 23.1 Å². The lowest BCUT2D eigenvalue weighted by atomic mass is 10.0. The van der Waals surface area contributed by atoms with Crippen molar-refractivity contribution in [2.45, 2.75) is 44.7 Å². The van der Waals surface area contributed by atoms with Crippen LogP contribution in [0.5, 0.6) is 0 Å². The fraction of sp³-hybridized carbons (Fsp3) is 0.440. The van der Waals surface area contributed by atoms with E-state index in [1.807, 2.05) is 39.0 Å². The molecule has 34 heavy (non-hydrogen) atoms. The third kappa shape index (κ3) is 6.02. The van der Waals surface area contributed by atoms with Crippen molar-refractivity contribution < 1.29 is 13.2 Å². The van der Waals surface area contributed by atoms with Crippen LogP contribution in [-0.4, -0.2) is 61.3 Å². The zero-order chi connectivity index (χ0) is 24.3. The number of carbonyl (C=O) groups excluding carboxylic acids is 1. The maximum absolute atomic E-state index is 13.4. The van der Waals surface area contributed by atoms with E-state index in [0.29, 0.717) is 19.5 Å². The first-order chi connectivity index (χ1) is 16.2. The number of piperazine rings is 1. The highest BCUT2D eigenvalue weighted by Crippen LogP contribution is 2.25. The summed E-state index contributed by atoms with van der Waals surface area (Å²) in [7, 11) is -3.85. The molecule has 1 saturated heterocycles. The maximum Gasteiger partial charge on any atom is 0.241 e. The Hall–Kier alpha value is -2.33. The Labute approximate surface area is 205 Å². The maximum atomic E-state index is 13.4. The largest absolute Gasteiger partial charge is 0.339 e. The molecule has 3 aromatic rings. The van der Waals surface area contributed by atoms with Crippen molar-refractivity contribution in [3.8, 4) is 0 Å². The third-order valence-corrected chi connectivity index (χ3v) is 8.42. The summed E-state index contributed by atoms with van der Waals surface area (Å²) in [6.07, 6.45) is 0.449. The first-order valence-electron chi connectivity index (χ1n) is 11.7. The number of benzene rings is 2. The van der Waals surface area contributed by atoms with E-state index in [0.717, 1.165) is 34.9 Å². The fourth-order valence-corrected chi connectivity index (χ4v) is 6.47. The highest BCUT2D eigenvalue weighted by molar-refractivity contribution is 7.89. The van der Waals surface area contributed by atoms with Crippen LogP contribution in [0.3, 0.4) is 0 Å². The van der Waals surface area contributed by atoms with Crippen molar-refractivity contribution in [3.63, 3.8) is 0 Å². The van der Waals surface area contributed by atoms with Crippen LogP contribution in [0.4, 0.5) is 0 Å². The van der Waals surface area contributed by atoms with Gasteiger partial charge in [-0.05, 0) is 43.0 Å². The molecule has 0 bridgehead atoms. The predicted octanol–water partition coefficient (Wildman–Crippen LogP) is 3.64. The van der Waals surface area contributed by atoms with E-state index in [-0.39, 0.29) is 16.7 Å². The number of carbonyl (C=O) groups is 1. The second kappa shape index (κ2) is 10.5. The number of fused-ring (bicyclic) bond motifs is 1. The van der Waals surface area contributed by atoms with Crippen LogP contribution >= 0.6 is 11.3 Å². The molecule has 7 nitrogen and oxygen atoms in total. The number of hydrogen-bond donors (Lipinski definition) is 1. The summed E-state index contributed by atoms with van der Waals surface area (Å²) in [6.45, 7) is 9.46. The number of nitrogens with one attached hydrogen (secondary N) is 1. The molecule has 182 valence electrons. The van der Waals surface area contributed by atoms with Crippen molar-refractivity contribution in [1.82, 2.24) is 19.5 Å². The molecule has 0 spiro atoms. The lowest BCUT2D eigenvalue weighted by Crippen LogP contribution is -2.55. The molecule has 0 radical (unpaired) electrons. The monoisotopic (exact) mass is 500 g/mol. The average Bonchev–Trinajstić information content (AvgIpc) is 3.18. The molecule has 1 N–H and O–H groups in total. The van der Waals surface area contributed by atoms with Gasteiger partial charge in [-0.25, -0.2) is 13.4 Å². The van der Waals surface area contributed by atoms with Gasteiger partial charge in [0.25, 0.3) is 0 Å². The van der Waals surface area contributed by atoms with Gasteiger partial charge in [-0.1, -0.05) is 44.2 Å². The summed E-state index contributed by atoms with van der Waals surface area (Å²) < 4.78 is 30.0. The summed E-state index contributed by atoms with van der Waals surface area (Å²) >= 11 is 1.46. The number of sulfonamides is 1. The van der Waals surface area contributed by atoms with Gasteiger partial charge < -0.3 is 4.90 Å². The lowest BCUT2D eigenvalue weighted by Gasteiger charge is -2.36. The lowest BCUT2D eigenvalue weighted by molar-refractivity contribution is -0.135. The molecule has 1 aliphatic heterocycles. The van der Waals surface area contributed by atoms with Crippen LogP contribution in [-0.2, 0) is 21.4 Å². The molecule has 1 atom stereocenters. The third-order valence-electron chi connectivity index (χ3n) is 6.01. The smallest absolute Gasteiger partial charge is 0.241 e. The van der Waals surface area contributed by atoms with E-state index in [2.05, 4.69) is 26.7 Å². The Balaban J connectivity index is 1.44. The molecule has 0 saturated carbocycles. The van der Waals surface area contributed by atoms with Crippen molar-refractivity contribution in [1.29, 1.82) is 0 Å². The number of hydrogen-bond acceptors (Lipinski definition) is 6. The minimum Gasteiger partial charge on any atom is -0.339 e. The molecule has 2 aromatic carbocycles. The van der Waals surface area contributed by atoms with E-state index in [9.17, 15) is 13.2 Å². The van der Waals surface area contributed by atoms with E-state index in [4.69, 9.17) is 0 Å². The second-order valence-electron chi connectivity index (χ2n) is 9.25. The van der Waals surface area contributed by atoms with Crippen LogP contribution in [0.2, 0.25) is 0 Å². The summed E-state index contributed by atoms with van der Waals surface area (Å²) in [6, 6.07) is 14.4. The zero-order valence-electron chi connectivity index (χ0n) is 19.9. The molecule has 4 rings (SSSR count). The SMILES string of the molecule is Cc1nc2ccc(S(=O)(=O)N[C@@H](CC(C)C)C(=O)N3CCN(Cc4ccccc4)CC3)cc2s1. The Kier molecular flexibility index (Phi) is 7.67. The zero-order valence-corrected chi connectivity index (χ0v) is 21.5. The van der Waals surface area contributed by atoms with E-state index >= 15 is 0 Å². The highest BCUT2D eigenvalue weighted by atomic mass is 32.2. The van der Waals surface area contributed by atoms with Gasteiger partial charge in [-0.15, -0.1) is 11.3 Å². The summed E-state index contributed by atoms with van der Waals surface area (Å²) in [5, 5.41) is 0.886. The highest BCUT2D eigenvalue weighted by Gasteiger charge is 2.31. The number of aromatic nitrogens is 1. The van der Waals surface area contributed by atoms with Crippen molar-refractivity contribution in [3.05, 3.63) is 59.1 Å². The van der Waals surface area contributed by atoms with Gasteiger partial charge in [0.15, 0.2) is 0 Å². The van der Waals surface area contributed by atoms with Gasteiger partial charge in [0.1, 0.15) is 6.04 Å². The molecular weight excluding hydrogens is 468 g/mol. The van der Waals surface area contributed by atoms with Gasteiger partial charge >= 0.3 is 0 Å². The molecule has 1 amide bonds. The van der Waals surface area contributed by atoms with Gasteiger partial charge in [0.2, 0.25) is 15.9 Å². The number of nitrogens with zero attached hydrogens (tertiary/aromatic N) is 3. The van der Waals surface area contributed by atoms with Crippen LogP contribution < -0.4 is 4.72 Å². The van der Waals surface area contributed by atoms with Crippen molar-refractivity contribution in [2.75, 3.05) is 26.2 Å². The molecule has 0 aliphatic carbocycles. The number of rotatable bonds is 8. The van der Waals surface area contributed by atoms with E-state index < -0.39 is 16.1 Å². The normalized spacial score (nSPS) is 16.3. The standard InChI is InChI=1S/C25H32N4O3S2/c1-18(2)15-23(27-34(31,32)21-9-10-22-24(16-21)33-19(3)26-22)25(30)29-13-11-28(12-14-29)17-20-7-5-4-6-8-20/h4-10,16,18,23,27H,11-15,17H2,1-3H3/t23-/m0/s1. The minimum atomic E-state index is -3.85. The molecule has 2 heterocycles. The fourth-order valence-electron chi connectivity index (χ4n) is 4.30. The van der Waals surface area contributed by atoms with Gasteiger partial charge in [0, 0.05) is 32.7 Å². The molecular formula is C25H32N4O3S2. The van der Waals surface area contributed by atoms with E-state index in [1.165, 1.54) is 16.9 Å². The Bertz CT molecular complexity index is 1230. The molecule has 1 aliphatic rings. The summed E-state index contributed by atoms with van der Waals surface area (Å²) in [4.78, 5) is 22.1. The Morgan fingerprint density at radius 2 is 1.79 bits per heavy atom. The van der Waals surface area contributed by atoms with Crippen LogP contribution in [0.25, 0.3) is 10.2 Å². The number of thiazole rings is 1. The van der Waals surface area contributed by atoms with Crippen LogP contribution in [0.15, 0.2) is 53.4 Å². The van der Waals surface area contributed by atoms with Gasteiger partial charge in [-0.2, -0.15) is 4.72 Å². The van der Waals surface area contributed by atoms with Crippen LogP contribution in [0.1, 0.15) is 30.8 Å². The minimum absolute atomic E-state index is 0.147. The quantitative estimate of drug-likeness (QED) is 0.511. The number of aryl methyl sites for hydroxylation is 1. The van der Waals surface area contributed by atoms with Crippen molar-refractivity contribution >= 4 is 37.5 Å². The molecule has 9 heteroatoms. The molecule has 0 unspecified atom stereocenters. The Morgan fingerprint density at radius 1 is 1.09 bits per heavy atom. The Morgan fingerprint density at radius 3 is 2.47 bits per heavy atom. The molecule has 1 aromatic heterocycles. The van der Waals surface area contributed by atoms with Crippen LogP contribution in [0, 0.1) is 12.8 Å². The van der Waals surface area contributed by atoms with Gasteiger partial charge in [0.05, 0.1) is 20.1 Å². The van der Waals surface area contributed by atoms with Crippen molar-refractivity contribution in [2.24, 2.45) is 5.92 Å². The first kappa shape index (κ1) is 24.8. The van der Waals surface area contributed by atoms with Gasteiger partial charge in [-0.3, -0.25) is 9.69 Å². The second-order valence-corrected chi connectivity index (χ2v) is 12.2. The average molecular weight is 501 g/mol. The number of amides is 1. The summed E-state index contributed by atoms with van der Waals surface area (Å²) in [5.41, 5.74) is 2.03. The predicted molar refractivity (Wildman–Crippen MR) is 136 cm³/mol. The first-order valence-corrected chi connectivity index (χ1v) is 14.0.